The number of carbonyl (C=O) groups excluding carboxylic acids is 2. The Morgan fingerprint density at radius 3 is 2.55 bits per heavy atom. The first kappa shape index (κ1) is 24.4. The number of halogens is 1. The van der Waals surface area contributed by atoms with Crippen LogP contribution in [0.25, 0.3) is 0 Å². The van der Waals surface area contributed by atoms with Gasteiger partial charge in [-0.2, -0.15) is 4.31 Å². The third-order valence-corrected chi connectivity index (χ3v) is 8.93. The van der Waals surface area contributed by atoms with Crippen LogP contribution >= 0.6 is 11.6 Å². The van der Waals surface area contributed by atoms with E-state index in [1.807, 2.05) is 0 Å². The molecule has 2 amide bonds. The first-order valence-corrected chi connectivity index (χ1v) is 13.7. The summed E-state index contributed by atoms with van der Waals surface area (Å²) in [5.41, 5.74) is 0.304. The minimum absolute atomic E-state index is 0.0255. The minimum atomic E-state index is -3.59. The van der Waals surface area contributed by atoms with Gasteiger partial charge in [0, 0.05) is 39.1 Å². The van der Waals surface area contributed by atoms with Gasteiger partial charge in [0.2, 0.25) is 21.8 Å². The number of sulfonamides is 1. The summed E-state index contributed by atoms with van der Waals surface area (Å²) < 4.78 is 27.1. The van der Waals surface area contributed by atoms with E-state index in [0.29, 0.717) is 42.8 Å². The molecule has 2 aliphatic heterocycles. The Morgan fingerprint density at radius 1 is 1.06 bits per heavy atom. The third kappa shape index (κ3) is 6.47. The van der Waals surface area contributed by atoms with E-state index in [2.05, 4.69) is 15.5 Å². The minimum Gasteiger partial charge on any atom is -0.356 e. The molecule has 182 valence electrons. The van der Waals surface area contributed by atoms with Gasteiger partial charge in [0.1, 0.15) is 0 Å². The molecule has 2 saturated heterocycles. The number of rotatable bonds is 9. The van der Waals surface area contributed by atoms with E-state index in [1.54, 1.807) is 0 Å². The van der Waals surface area contributed by atoms with E-state index in [1.165, 1.54) is 35.3 Å². The summed E-state index contributed by atoms with van der Waals surface area (Å²) >= 11 is 6.23. The highest BCUT2D eigenvalue weighted by Gasteiger charge is 2.29. The van der Waals surface area contributed by atoms with Gasteiger partial charge in [-0.05, 0) is 69.2 Å². The SMILES string of the molecule is O=C(CCN1CCCC(C(=O)NCC2CC2)C1)Nc1cc(S(=O)(=O)N2CCCC2)ccc1Cl. The molecule has 1 aromatic rings. The molecule has 4 rings (SSSR count). The molecule has 1 atom stereocenters. The van der Waals surface area contributed by atoms with E-state index in [-0.39, 0.29) is 29.0 Å². The second-order valence-electron chi connectivity index (χ2n) is 9.38. The zero-order valence-corrected chi connectivity index (χ0v) is 20.5. The van der Waals surface area contributed by atoms with Crippen LogP contribution in [0.2, 0.25) is 5.02 Å². The average molecular weight is 497 g/mol. The summed E-state index contributed by atoms with van der Waals surface area (Å²) in [5.74, 6) is 0.530. The highest BCUT2D eigenvalue weighted by Crippen LogP contribution is 2.29. The molecule has 10 heteroatoms. The maximum absolute atomic E-state index is 12.8. The zero-order chi connectivity index (χ0) is 23.4. The maximum Gasteiger partial charge on any atom is 0.243 e. The summed E-state index contributed by atoms with van der Waals surface area (Å²) in [6.45, 7) is 3.88. The molecule has 2 heterocycles. The lowest BCUT2D eigenvalue weighted by atomic mass is 9.97. The second-order valence-corrected chi connectivity index (χ2v) is 11.7. The van der Waals surface area contributed by atoms with Gasteiger partial charge in [-0.15, -0.1) is 0 Å². The molecule has 3 fully saturated rings. The highest BCUT2D eigenvalue weighted by atomic mass is 35.5. The topological polar surface area (TPSA) is 98.8 Å². The van der Waals surface area contributed by atoms with Crippen molar-refractivity contribution in [2.24, 2.45) is 11.8 Å². The molecule has 2 N–H and O–H groups in total. The number of amides is 2. The van der Waals surface area contributed by atoms with Gasteiger partial charge in [0.25, 0.3) is 0 Å². The Kier molecular flexibility index (Phi) is 7.94. The first-order chi connectivity index (χ1) is 15.8. The fourth-order valence-corrected chi connectivity index (χ4v) is 6.20. The summed E-state index contributed by atoms with van der Waals surface area (Å²) in [6, 6.07) is 4.43. The molecule has 3 aliphatic rings. The van der Waals surface area contributed by atoms with Crippen LogP contribution in [0.4, 0.5) is 5.69 Å². The molecule has 1 aromatic carbocycles. The summed E-state index contributed by atoms with van der Waals surface area (Å²) in [5, 5.41) is 6.13. The van der Waals surface area contributed by atoms with Gasteiger partial charge in [0.15, 0.2) is 0 Å². The highest BCUT2D eigenvalue weighted by molar-refractivity contribution is 7.89. The smallest absolute Gasteiger partial charge is 0.243 e. The van der Waals surface area contributed by atoms with Gasteiger partial charge in [-0.25, -0.2) is 8.42 Å². The van der Waals surface area contributed by atoms with Crippen LogP contribution < -0.4 is 10.6 Å². The predicted octanol–water partition coefficient (Wildman–Crippen LogP) is 2.69. The number of nitrogens with one attached hydrogen (secondary N) is 2. The number of benzene rings is 1. The molecular weight excluding hydrogens is 464 g/mol. The normalized spacial score (nSPS) is 22.3. The Hall–Kier alpha value is -1.68. The van der Waals surface area contributed by atoms with Crippen molar-refractivity contribution in [2.75, 3.05) is 44.6 Å². The van der Waals surface area contributed by atoms with Crippen molar-refractivity contribution in [1.82, 2.24) is 14.5 Å². The van der Waals surface area contributed by atoms with Crippen molar-refractivity contribution in [3.63, 3.8) is 0 Å². The Morgan fingerprint density at radius 2 is 1.82 bits per heavy atom. The van der Waals surface area contributed by atoms with Crippen molar-refractivity contribution in [1.29, 1.82) is 0 Å². The third-order valence-electron chi connectivity index (χ3n) is 6.71. The molecule has 1 unspecified atom stereocenters. The monoisotopic (exact) mass is 496 g/mol. The summed E-state index contributed by atoms with van der Waals surface area (Å²) in [6.07, 6.45) is 6.20. The van der Waals surface area contributed by atoms with Gasteiger partial charge < -0.3 is 15.5 Å². The largest absolute Gasteiger partial charge is 0.356 e. The average Bonchev–Trinajstić information content (AvgIpc) is 3.46. The van der Waals surface area contributed by atoms with Crippen LogP contribution in [0.3, 0.4) is 0 Å². The van der Waals surface area contributed by atoms with Crippen molar-refractivity contribution in [3.05, 3.63) is 23.2 Å². The van der Waals surface area contributed by atoms with Crippen LogP contribution in [0, 0.1) is 11.8 Å². The van der Waals surface area contributed by atoms with Gasteiger partial charge in [-0.3, -0.25) is 9.59 Å². The van der Waals surface area contributed by atoms with Crippen LogP contribution in [0.5, 0.6) is 0 Å². The van der Waals surface area contributed by atoms with Crippen LogP contribution in [-0.4, -0.2) is 68.7 Å². The number of likely N-dealkylation sites (tertiary alicyclic amines) is 1. The summed E-state index contributed by atoms with van der Waals surface area (Å²) in [7, 11) is -3.59. The Balaban J connectivity index is 1.29. The van der Waals surface area contributed by atoms with Gasteiger partial charge in [0.05, 0.1) is 21.5 Å². The fraction of sp³-hybridized carbons (Fsp3) is 0.652. The molecule has 0 spiro atoms. The van der Waals surface area contributed by atoms with E-state index in [0.717, 1.165) is 38.8 Å². The number of anilines is 1. The molecule has 8 nitrogen and oxygen atoms in total. The Labute approximate surface area is 201 Å². The van der Waals surface area contributed by atoms with Crippen molar-refractivity contribution in [3.8, 4) is 0 Å². The fourth-order valence-electron chi connectivity index (χ4n) is 4.49. The molecule has 0 radical (unpaired) electrons. The molecule has 1 aliphatic carbocycles. The van der Waals surface area contributed by atoms with E-state index in [9.17, 15) is 18.0 Å². The van der Waals surface area contributed by atoms with Gasteiger partial charge in [-0.1, -0.05) is 11.6 Å². The lowest BCUT2D eigenvalue weighted by Gasteiger charge is -2.31. The van der Waals surface area contributed by atoms with Crippen LogP contribution in [0.15, 0.2) is 23.1 Å². The standard InChI is InChI=1S/C23H33ClN4O4S/c24-20-8-7-19(33(31,32)28-11-1-2-12-28)14-21(20)26-22(29)9-13-27-10-3-4-18(16-27)23(30)25-15-17-5-6-17/h7-8,14,17-18H,1-6,9-13,15-16H2,(H,25,30)(H,26,29). The molecule has 33 heavy (non-hydrogen) atoms. The van der Waals surface area contributed by atoms with Crippen molar-refractivity contribution in [2.45, 2.75) is 49.8 Å². The Bertz CT molecular complexity index is 977. The summed E-state index contributed by atoms with van der Waals surface area (Å²) in [4.78, 5) is 27.3. The molecule has 1 saturated carbocycles. The number of nitrogens with zero attached hydrogens (tertiary/aromatic N) is 2. The maximum atomic E-state index is 12.8. The number of carbonyl (C=O) groups is 2. The number of piperidine rings is 1. The quantitative estimate of drug-likeness (QED) is 0.547. The molecule has 0 aromatic heterocycles. The molecule has 0 bridgehead atoms. The lowest BCUT2D eigenvalue weighted by Crippen LogP contribution is -2.44. The van der Waals surface area contributed by atoms with Gasteiger partial charge >= 0.3 is 0 Å². The predicted molar refractivity (Wildman–Crippen MR) is 128 cm³/mol. The van der Waals surface area contributed by atoms with Crippen LogP contribution in [-0.2, 0) is 19.6 Å². The number of hydrogen-bond donors (Lipinski definition) is 2. The van der Waals surface area contributed by atoms with E-state index < -0.39 is 10.0 Å². The van der Waals surface area contributed by atoms with Crippen molar-refractivity contribution >= 4 is 39.1 Å². The van der Waals surface area contributed by atoms with Crippen LogP contribution in [0.1, 0.15) is 44.9 Å². The van der Waals surface area contributed by atoms with Crippen molar-refractivity contribution < 1.29 is 18.0 Å². The lowest BCUT2D eigenvalue weighted by molar-refractivity contribution is -0.126. The number of hydrogen-bond acceptors (Lipinski definition) is 5. The van der Waals surface area contributed by atoms with E-state index >= 15 is 0 Å². The zero-order valence-electron chi connectivity index (χ0n) is 18.9. The van der Waals surface area contributed by atoms with E-state index in [4.69, 9.17) is 11.6 Å². The molecular formula is C23H33ClN4O4S. The second kappa shape index (κ2) is 10.7. The first-order valence-electron chi connectivity index (χ1n) is 11.9.